The van der Waals surface area contributed by atoms with Crippen molar-refractivity contribution in [3.8, 4) is 16.5 Å². The first-order chi connectivity index (χ1) is 11.2. The first-order valence-electron chi connectivity index (χ1n) is 7.04. The molecule has 0 fully saturated rings. The smallest absolute Gasteiger partial charge is 0.258 e. The van der Waals surface area contributed by atoms with Crippen LogP contribution in [0.5, 0.6) is 5.75 Å². The molecule has 3 aromatic rings. The molecule has 0 unspecified atom stereocenters. The Morgan fingerprint density at radius 3 is 2.96 bits per heavy atom. The molecule has 2 aromatic heterocycles. The van der Waals surface area contributed by atoms with Gasteiger partial charge in [-0.15, -0.1) is 11.3 Å². The fraction of sp³-hybridized carbons (Fsp3) is 0.188. The number of aryl methyl sites for hydroxylation is 1. The Labute approximate surface area is 137 Å². The van der Waals surface area contributed by atoms with Gasteiger partial charge in [-0.25, -0.2) is 0 Å². The van der Waals surface area contributed by atoms with Gasteiger partial charge in [-0.1, -0.05) is 29.4 Å². The highest BCUT2D eigenvalue weighted by molar-refractivity contribution is 7.13. The fourth-order valence-corrected chi connectivity index (χ4v) is 2.57. The van der Waals surface area contributed by atoms with Crippen LogP contribution in [-0.2, 0) is 11.3 Å². The molecule has 23 heavy (non-hydrogen) atoms. The number of rotatable bonds is 6. The number of thiophene rings is 1. The van der Waals surface area contributed by atoms with Crippen molar-refractivity contribution < 1.29 is 14.1 Å². The van der Waals surface area contributed by atoms with Crippen molar-refractivity contribution in [2.45, 2.75) is 13.5 Å². The molecule has 6 nitrogen and oxygen atoms in total. The van der Waals surface area contributed by atoms with Crippen LogP contribution in [0.3, 0.4) is 0 Å². The number of nitrogens with one attached hydrogen (secondary N) is 1. The lowest BCUT2D eigenvalue weighted by atomic mass is 10.2. The Balaban J connectivity index is 1.49. The summed E-state index contributed by atoms with van der Waals surface area (Å²) in [4.78, 5) is 17.0. The van der Waals surface area contributed by atoms with E-state index < -0.39 is 0 Å². The molecule has 0 aliphatic rings. The number of amides is 1. The van der Waals surface area contributed by atoms with Gasteiger partial charge in [-0.05, 0) is 30.0 Å². The minimum absolute atomic E-state index is 0.0588. The maximum absolute atomic E-state index is 11.8. The number of carbonyl (C=O) groups is 1. The number of benzene rings is 1. The molecule has 1 amide bonds. The zero-order valence-corrected chi connectivity index (χ0v) is 13.3. The highest BCUT2D eigenvalue weighted by atomic mass is 32.1. The van der Waals surface area contributed by atoms with E-state index in [2.05, 4.69) is 15.5 Å². The van der Waals surface area contributed by atoms with Gasteiger partial charge in [0.05, 0.1) is 11.4 Å². The van der Waals surface area contributed by atoms with Gasteiger partial charge in [-0.2, -0.15) is 4.98 Å². The van der Waals surface area contributed by atoms with Crippen molar-refractivity contribution in [2.75, 3.05) is 6.61 Å². The average molecular weight is 329 g/mol. The Kier molecular flexibility index (Phi) is 4.68. The van der Waals surface area contributed by atoms with E-state index in [1.807, 2.05) is 48.7 Å². The van der Waals surface area contributed by atoms with E-state index in [9.17, 15) is 4.79 Å². The Bertz CT molecular complexity index is 783. The maximum Gasteiger partial charge on any atom is 0.258 e. The highest BCUT2D eigenvalue weighted by Crippen LogP contribution is 2.21. The van der Waals surface area contributed by atoms with Gasteiger partial charge < -0.3 is 14.6 Å². The summed E-state index contributed by atoms with van der Waals surface area (Å²) in [6, 6.07) is 11.4. The molecule has 0 bridgehead atoms. The van der Waals surface area contributed by atoms with Gasteiger partial charge in [0, 0.05) is 0 Å². The summed E-state index contributed by atoms with van der Waals surface area (Å²) in [5, 5.41) is 8.51. The van der Waals surface area contributed by atoms with E-state index in [1.54, 1.807) is 0 Å². The van der Waals surface area contributed by atoms with Crippen LogP contribution in [0.1, 0.15) is 11.5 Å². The number of para-hydroxylation sites is 1. The van der Waals surface area contributed by atoms with Crippen molar-refractivity contribution in [2.24, 2.45) is 0 Å². The van der Waals surface area contributed by atoms with Gasteiger partial charge in [0.1, 0.15) is 5.75 Å². The maximum atomic E-state index is 11.8. The monoisotopic (exact) mass is 329 g/mol. The molecule has 0 atom stereocenters. The summed E-state index contributed by atoms with van der Waals surface area (Å²) in [7, 11) is 0. The molecule has 3 rings (SSSR count). The lowest BCUT2D eigenvalue weighted by molar-refractivity contribution is -0.123. The third kappa shape index (κ3) is 3.95. The molecule has 118 valence electrons. The lowest BCUT2D eigenvalue weighted by Gasteiger charge is -2.08. The van der Waals surface area contributed by atoms with Crippen molar-refractivity contribution in [3.63, 3.8) is 0 Å². The van der Waals surface area contributed by atoms with Crippen molar-refractivity contribution in [1.29, 1.82) is 0 Å². The van der Waals surface area contributed by atoms with E-state index in [1.165, 1.54) is 11.3 Å². The molecule has 0 saturated carbocycles. The van der Waals surface area contributed by atoms with Gasteiger partial charge in [0.15, 0.2) is 6.61 Å². The summed E-state index contributed by atoms with van der Waals surface area (Å²) in [6.45, 7) is 2.04. The van der Waals surface area contributed by atoms with E-state index in [0.29, 0.717) is 17.5 Å². The number of ether oxygens (including phenoxy) is 1. The number of aromatic nitrogens is 2. The molecule has 2 heterocycles. The SMILES string of the molecule is Cc1ccccc1OCC(=O)NCc1nc(-c2cccs2)no1. The predicted molar refractivity (Wildman–Crippen MR) is 86.1 cm³/mol. The van der Waals surface area contributed by atoms with E-state index in [4.69, 9.17) is 9.26 Å². The Morgan fingerprint density at radius 1 is 1.30 bits per heavy atom. The minimum atomic E-state index is -0.246. The quantitative estimate of drug-likeness (QED) is 0.752. The van der Waals surface area contributed by atoms with Crippen molar-refractivity contribution in [3.05, 3.63) is 53.2 Å². The van der Waals surface area contributed by atoms with Gasteiger partial charge >= 0.3 is 0 Å². The average Bonchev–Trinajstić information content (AvgIpc) is 3.23. The Hall–Kier alpha value is -2.67. The number of nitrogens with zero attached hydrogens (tertiary/aromatic N) is 2. The van der Waals surface area contributed by atoms with Crippen LogP contribution < -0.4 is 10.1 Å². The largest absolute Gasteiger partial charge is 0.484 e. The van der Waals surface area contributed by atoms with Crippen LogP contribution >= 0.6 is 11.3 Å². The second-order valence-corrected chi connectivity index (χ2v) is 5.77. The third-order valence-electron chi connectivity index (χ3n) is 3.10. The normalized spacial score (nSPS) is 10.5. The molecular formula is C16H15N3O3S. The van der Waals surface area contributed by atoms with Gasteiger partial charge in [0.25, 0.3) is 5.91 Å². The van der Waals surface area contributed by atoms with Crippen LogP contribution in [0, 0.1) is 6.92 Å². The van der Waals surface area contributed by atoms with Gasteiger partial charge in [-0.3, -0.25) is 4.79 Å². The molecule has 0 aliphatic carbocycles. The van der Waals surface area contributed by atoms with Crippen LogP contribution in [0.25, 0.3) is 10.7 Å². The van der Waals surface area contributed by atoms with Crippen LogP contribution in [0.15, 0.2) is 46.3 Å². The molecule has 0 saturated heterocycles. The predicted octanol–water partition coefficient (Wildman–Crippen LogP) is 2.80. The lowest BCUT2D eigenvalue weighted by Crippen LogP contribution is -2.28. The first kappa shape index (κ1) is 15.2. The molecule has 1 aromatic carbocycles. The number of carbonyl (C=O) groups excluding carboxylic acids is 1. The second-order valence-electron chi connectivity index (χ2n) is 4.82. The first-order valence-corrected chi connectivity index (χ1v) is 7.92. The van der Waals surface area contributed by atoms with Crippen LogP contribution in [-0.4, -0.2) is 22.7 Å². The third-order valence-corrected chi connectivity index (χ3v) is 3.96. The zero-order chi connectivity index (χ0) is 16.1. The van der Waals surface area contributed by atoms with Crippen molar-refractivity contribution in [1.82, 2.24) is 15.5 Å². The molecule has 7 heteroatoms. The standard InChI is InChI=1S/C16H15N3O3S/c1-11-5-2-3-6-12(11)21-10-14(20)17-9-15-18-16(19-22-15)13-7-4-8-23-13/h2-8H,9-10H2,1H3,(H,17,20). The number of hydrogen-bond acceptors (Lipinski definition) is 6. The summed E-state index contributed by atoms with van der Waals surface area (Å²) in [5.41, 5.74) is 0.984. The fourth-order valence-electron chi connectivity index (χ4n) is 1.92. The molecule has 0 radical (unpaired) electrons. The highest BCUT2D eigenvalue weighted by Gasteiger charge is 2.11. The summed E-state index contributed by atoms with van der Waals surface area (Å²) in [6.07, 6.45) is 0. The van der Waals surface area contributed by atoms with E-state index >= 15 is 0 Å². The zero-order valence-electron chi connectivity index (χ0n) is 12.5. The minimum Gasteiger partial charge on any atom is -0.484 e. The summed E-state index contributed by atoms with van der Waals surface area (Å²) < 4.78 is 10.6. The molecular weight excluding hydrogens is 314 g/mol. The molecule has 0 spiro atoms. The summed E-state index contributed by atoms with van der Waals surface area (Å²) >= 11 is 1.53. The molecule has 0 aliphatic heterocycles. The summed E-state index contributed by atoms with van der Waals surface area (Å²) in [5.74, 6) is 1.34. The molecule has 1 N–H and O–H groups in total. The van der Waals surface area contributed by atoms with Crippen LogP contribution in [0.4, 0.5) is 0 Å². The van der Waals surface area contributed by atoms with Crippen LogP contribution in [0.2, 0.25) is 0 Å². The topological polar surface area (TPSA) is 77.2 Å². The Morgan fingerprint density at radius 2 is 2.17 bits per heavy atom. The van der Waals surface area contributed by atoms with Gasteiger partial charge in [0.2, 0.25) is 11.7 Å². The van der Waals surface area contributed by atoms with E-state index in [0.717, 1.165) is 10.4 Å². The number of hydrogen-bond donors (Lipinski definition) is 1. The van der Waals surface area contributed by atoms with Crippen molar-refractivity contribution >= 4 is 17.2 Å². The second kappa shape index (κ2) is 7.06. The van der Waals surface area contributed by atoms with E-state index in [-0.39, 0.29) is 19.1 Å².